The smallest absolute Gasteiger partial charge is 0.497 e. The molecule has 1 aromatic rings. The summed E-state index contributed by atoms with van der Waals surface area (Å²) < 4.78 is 41.7. The molecule has 0 atom stereocenters. The quantitative estimate of drug-likeness (QED) is 0.596. The van der Waals surface area contributed by atoms with Gasteiger partial charge in [-0.05, 0) is 12.1 Å². The zero-order chi connectivity index (χ0) is 10.8. The Hall–Kier alpha value is 0.00130. The van der Waals surface area contributed by atoms with Crippen LogP contribution in [0.1, 0.15) is 5.56 Å². The molecule has 15 heavy (non-hydrogen) atoms. The number of methoxy groups -OCH3 is 1. The maximum absolute atomic E-state index is 12.3. The molecule has 0 saturated carbocycles. The number of halogens is 3. The Morgan fingerprint density at radius 3 is 2.33 bits per heavy atom. The molecule has 1 aromatic carbocycles. The molecule has 0 aliphatic carbocycles. The summed E-state index contributed by atoms with van der Waals surface area (Å²) in [5.74, 6) is 0.241. The molecule has 0 bridgehead atoms. The van der Waals surface area contributed by atoms with E-state index in [-0.39, 0.29) is 57.1 Å². The van der Waals surface area contributed by atoms with Gasteiger partial charge in [-0.15, -0.1) is 0 Å². The minimum Gasteiger partial charge on any atom is -0.497 e. The van der Waals surface area contributed by atoms with Crippen LogP contribution < -0.4 is 61.6 Å². The molecule has 0 saturated heterocycles. The molecule has 0 spiro atoms. The third-order valence-corrected chi connectivity index (χ3v) is 1.73. The van der Waals surface area contributed by atoms with Gasteiger partial charge in [0, 0.05) is 5.56 Å². The van der Waals surface area contributed by atoms with Crippen LogP contribution in [0, 0.1) is 11.3 Å². The van der Waals surface area contributed by atoms with Crippen LogP contribution in [-0.2, 0) is 0 Å². The van der Waals surface area contributed by atoms with Crippen LogP contribution in [0.25, 0.3) is 0 Å². The molecule has 0 aromatic heterocycles. The van der Waals surface area contributed by atoms with Crippen LogP contribution in [0.15, 0.2) is 18.2 Å². The minimum atomic E-state index is -5.14. The van der Waals surface area contributed by atoms with Gasteiger partial charge in [0.25, 0.3) is 0 Å². The van der Waals surface area contributed by atoms with Crippen LogP contribution in [0.4, 0.5) is 12.9 Å². The van der Waals surface area contributed by atoms with Crippen molar-refractivity contribution in [3.8, 4) is 11.8 Å². The van der Waals surface area contributed by atoms with Gasteiger partial charge in [0.2, 0.25) is 0 Å². The first-order valence-electron chi connectivity index (χ1n) is 3.77. The van der Waals surface area contributed by atoms with Crippen molar-refractivity contribution >= 4 is 12.4 Å². The van der Waals surface area contributed by atoms with E-state index >= 15 is 0 Å². The number of nitrogens with zero attached hydrogens (tertiary/aromatic N) is 1. The summed E-state index contributed by atoms with van der Waals surface area (Å²) >= 11 is 0. The summed E-state index contributed by atoms with van der Waals surface area (Å²) in [5.41, 5.74) is -1.29. The Bertz CT molecular complexity index is 388. The number of nitriles is 1. The van der Waals surface area contributed by atoms with E-state index < -0.39 is 18.0 Å². The van der Waals surface area contributed by atoms with E-state index in [2.05, 4.69) is 0 Å². The van der Waals surface area contributed by atoms with E-state index in [0.717, 1.165) is 12.1 Å². The molecule has 2 nitrogen and oxygen atoms in total. The van der Waals surface area contributed by atoms with Gasteiger partial charge in [-0.25, -0.2) is 0 Å². The summed E-state index contributed by atoms with van der Waals surface area (Å²) in [6.45, 7) is -5.14. The van der Waals surface area contributed by atoms with Gasteiger partial charge in [-0.3, -0.25) is 0 Å². The minimum absolute atomic E-state index is 0. The van der Waals surface area contributed by atoms with Gasteiger partial charge in [0.05, 0.1) is 13.2 Å². The monoisotopic (exact) mass is 239 g/mol. The van der Waals surface area contributed by atoms with Gasteiger partial charge >= 0.3 is 58.4 Å². The van der Waals surface area contributed by atoms with Crippen molar-refractivity contribution in [2.75, 3.05) is 7.11 Å². The third kappa shape index (κ3) is 3.81. The standard InChI is InChI=1S/C8H6BF3NO.K/c1-14-7-2-3-8(9(10,11)12)6(4-7)5-13;/h2-4H,1H3;/q-1;+1. The molecule has 0 amide bonds. The summed E-state index contributed by atoms with van der Waals surface area (Å²) in [6, 6.07) is 4.61. The van der Waals surface area contributed by atoms with Crippen LogP contribution in [-0.4, -0.2) is 14.1 Å². The molecule has 7 heteroatoms. The van der Waals surface area contributed by atoms with Gasteiger partial charge in [-0.1, -0.05) is 11.5 Å². The van der Waals surface area contributed by atoms with E-state index in [4.69, 9.17) is 10.00 Å². The van der Waals surface area contributed by atoms with Crippen LogP contribution in [0.3, 0.4) is 0 Å². The Morgan fingerprint density at radius 2 is 1.93 bits per heavy atom. The molecule has 1 rings (SSSR count). The van der Waals surface area contributed by atoms with Crippen molar-refractivity contribution in [2.45, 2.75) is 0 Å². The van der Waals surface area contributed by atoms with Crippen molar-refractivity contribution < 1.29 is 69.1 Å². The van der Waals surface area contributed by atoms with E-state index in [9.17, 15) is 12.9 Å². The Morgan fingerprint density at radius 1 is 1.33 bits per heavy atom. The Balaban J connectivity index is 0.00000196. The second-order valence-corrected chi connectivity index (χ2v) is 2.64. The number of hydrogen-bond donors (Lipinski definition) is 0. The molecule has 0 unspecified atom stereocenters. The van der Waals surface area contributed by atoms with Crippen molar-refractivity contribution in [2.24, 2.45) is 0 Å². The average Bonchev–Trinajstić information content (AvgIpc) is 2.15. The van der Waals surface area contributed by atoms with Gasteiger partial charge < -0.3 is 17.7 Å². The summed E-state index contributed by atoms with van der Waals surface area (Å²) in [5, 5.41) is 8.51. The van der Waals surface area contributed by atoms with Crippen LogP contribution in [0.2, 0.25) is 0 Å². The molecule has 0 fully saturated rings. The summed E-state index contributed by atoms with van der Waals surface area (Å²) in [7, 11) is 1.33. The van der Waals surface area contributed by atoms with Crippen molar-refractivity contribution in [3.05, 3.63) is 23.8 Å². The fraction of sp³-hybridized carbons (Fsp3) is 0.125. The van der Waals surface area contributed by atoms with Crippen LogP contribution >= 0.6 is 0 Å². The van der Waals surface area contributed by atoms with E-state index in [1.54, 1.807) is 0 Å². The van der Waals surface area contributed by atoms with Crippen molar-refractivity contribution in [3.63, 3.8) is 0 Å². The first-order chi connectivity index (χ1) is 6.49. The first-order valence-corrected chi connectivity index (χ1v) is 3.77. The van der Waals surface area contributed by atoms with Gasteiger partial charge in [0.1, 0.15) is 5.75 Å². The average molecular weight is 239 g/mol. The largest absolute Gasteiger partial charge is 1.00 e. The topological polar surface area (TPSA) is 33.0 Å². The molecule has 0 heterocycles. The molecule has 0 N–H and O–H groups in total. The second-order valence-electron chi connectivity index (χ2n) is 2.64. The van der Waals surface area contributed by atoms with Crippen molar-refractivity contribution in [1.29, 1.82) is 5.26 Å². The predicted octanol–water partition coefficient (Wildman–Crippen LogP) is -1.37. The van der Waals surface area contributed by atoms with Crippen LogP contribution in [0.5, 0.6) is 5.75 Å². The second kappa shape index (κ2) is 5.92. The van der Waals surface area contributed by atoms with Gasteiger partial charge in [-0.2, -0.15) is 5.26 Å². The van der Waals surface area contributed by atoms with Crippen molar-refractivity contribution in [1.82, 2.24) is 0 Å². The predicted molar refractivity (Wildman–Crippen MR) is 46.4 cm³/mol. The number of ether oxygens (including phenoxy) is 1. The zero-order valence-electron chi connectivity index (χ0n) is 8.30. The molecule has 0 aliphatic rings. The van der Waals surface area contributed by atoms with E-state index in [1.165, 1.54) is 19.2 Å². The molecule has 0 aliphatic heterocycles. The Kier molecular flexibility index (Phi) is 5.92. The fourth-order valence-electron chi connectivity index (χ4n) is 1.04. The van der Waals surface area contributed by atoms with Gasteiger partial charge in [0.15, 0.2) is 0 Å². The first kappa shape index (κ1) is 15.0. The molecular weight excluding hydrogens is 233 g/mol. The molecule has 74 valence electrons. The normalized spacial score (nSPS) is 10.1. The maximum Gasteiger partial charge on any atom is 1.00 e. The maximum atomic E-state index is 12.3. The molecule has 0 radical (unpaired) electrons. The Labute approximate surface area is 128 Å². The number of hydrogen-bond acceptors (Lipinski definition) is 2. The SMILES string of the molecule is COc1ccc([B-](F)(F)F)c(C#N)c1.[K+]. The summed E-state index contributed by atoms with van der Waals surface area (Å²) in [4.78, 5) is 0. The molecular formula is C8H6BF3KNO. The number of rotatable bonds is 2. The van der Waals surface area contributed by atoms with E-state index in [0.29, 0.717) is 0 Å². The third-order valence-electron chi connectivity index (χ3n) is 1.73. The zero-order valence-corrected chi connectivity index (χ0v) is 11.4. The number of benzene rings is 1. The van der Waals surface area contributed by atoms with E-state index in [1.807, 2.05) is 0 Å². The summed E-state index contributed by atoms with van der Waals surface area (Å²) in [6.07, 6.45) is 0. The fourth-order valence-corrected chi connectivity index (χ4v) is 1.04.